The Hall–Kier alpha value is -2.97. The lowest BCUT2D eigenvalue weighted by molar-refractivity contribution is -0.126. The molecule has 0 unspecified atom stereocenters. The molecular weight excluding hydrogens is 460 g/mol. The summed E-state index contributed by atoms with van der Waals surface area (Å²) in [7, 11) is -3.53. The van der Waals surface area contributed by atoms with Crippen molar-refractivity contribution in [2.24, 2.45) is 5.92 Å². The Morgan fingerprint density at radius 2 is 1.69 bits per heavy atom. The van der Waals surface area contributed by atoms with Crippen molar-refractivity contribution >= 4 is 15.9 Å². The van der Waals surface area contributed by atoms with Gasteiger partial charge in [0, 0.05) is 37.9 Å². The Morgan fingerprint density at radius 3 is 2.40 bits per heavy atom. The lowest BCUT2D eigenvalue weighted by Crippen LogP contribution is -2.42. The zero-order valence-electron chi connectivity index (χ0n) is 19.9. The van der Waals surface area contributed by atoms with Crippen LogP contribution in [0.2, 0.25) is 0 Å². The first kappa shape index (κ1) is 23.8. The zero-order valence-corrected chi connectivity index (χ0v) is 20.7. The summed E-state index contributed by atoms with van der Waals surface area (Å²) < 4.78 is 29.8. The Bertz CT molecular complexity index is 1260. The third-order valence-electron chi connectivity index (χ3n) is 7.18. The highest BCUT2D eigenvalue weighted by Gasteiger charge is 2.32. The van der Waals surface area contributed by atoms with Crippen LogP contribution in [0, 0.1) is 5.92 Å². The quantitative estimate of drug-likeness (QED) is 0.547. The lowest BCUT2D eigenvalue weighted by atomic mass is 9.92. The van der Waals surface area contributed by atoms with Crippen LogP contribution in [0.5, 0.6) is 0 Å². The Balaban J connectivity index is 1.12. The molecule has 1 fully saturated rings. The van der Waals surface area contributed by atoms with Gasteiger partial charge in [0.1, 0.15) is 0 Å². The smallest absolute Gasteiger partial charge is 0.243 e. The fourth-order valence-corrected chi connectivity index (χ4v) is 6.58. The molecule has 1 N–H and O–H groups in total. The first-order chi connectivity index (χ1) is 17.0. The number of carbonyl (C=O) groups is 1. The number of nitrogens with one attached hydrogen (secondary N) is 1. The van der Waals surface area contributed by atoms with E-state index in [1.165, 1.54) is 17.5 Å². The Morgan fingerprint density at radius 1 is 0.971 bits per heavy atom. The van der Waals surface area contributed by atoms with Crippen LogP contribution in [0.15, 0.2) is 65.8 Å². The number of rotatable bonds is 7. The number of aryl methyl sites for hydroxylation is 2. The van der Waals surface area contributed by atoms with Crippen molar-refractivity contribution < 1.29 is 13.2 Å². The molecule has 0 atom stereocenters. The van der Waals surface area contributed by atoms with Gasteiger partial charge in [-0.1, -0.05) is 30.3 Å². The molecule has 1 aromatic heterocycles. The number of hydrogen-bond donors (Lipinski definition) is 1. The molecule has 3 aromatic rings. The maximum absolute atomic E-state index is 13.2. The summed E-state index contributed by atoms with van der Waals surface area (Å²) in [6, 6.07) is 15.6. The van der Waals surface area contributed by atoms with Gasteiger partial charge in [-0.05, 0) is 79.0 Å². The standard InChI is InChI=1S/C27H32N4O3S/c32-27(28-19-21-6-8-22(9-7-21)20-30-15-3-14-29-30)24-12-16-31(17-13-24)35(33,34)26-11-10-23-4-1-2-5-25(23)18-26/h3,6-11,14-15,18,24H,1-2,4-5,12-13,16-17,19-20H2,(H,28,32). The largest absolute Gasteiger partial charge is 0.352 e. The molecule has 1 aliphatic heterocycles. The van der Waals surface area contributed by atoms with E-state index < -0.39 is 10.0 Å². The van der Waals surface area contributed by atoms with Gasteiger partial charge in [0.15, 0.2) is 0 Å². The monoisotopic (exact) mass is 492 g/mol. The average Bonchev–Trinajstić information content (AvgIpc) is 3.41. The van der Waals surface area contributed by atoms with Crippen molar-refractivity contribution in [3.05, 3.63) is 83.2 Å². The second kappa shape index (κ2) is 10.3. The summed E-state index contributed by atoms with van der Waals surface area (Å²) in [5.74, 6) is -0.166. The second-order valence-electron chi connectivity index (χ2n) is 9.55. The molecule has 35 heavy (non-hydrogen) atoms. The summed E-state index contributed by atoms with van der Waals surface area (Å²) in [4.78, 5) is 13.1. The Labute approximate surface area is 207 Å². The van der Waals surface area contributed by atoms with Crippen molar-refractivity contribution in [2.75, 3.05) is 13.1 Å². The predicted molar refractivity (Wildman–Crippen MR) is 134 cm³/mol. The van der Waals surface area contributed by atoms with Gasteiger partial charge in [0.2, 0.25) is 15.9 Å². The van der Waals surface area contributed by atoms with E-state index in [1.54, 1.807) is 16.6 Å². The average molecular weight is 493 g/mol. The van der Waals surface area contributed by atoms with Gasteiger partial charge < -0.3 is 5.32 Å². The third-order valence-corrected chi connectivity index (χ3v) is 9.07. The number of piperidine rings is 1. The lowest BCUT2D eigenvalue weighted by Gasteiger charge is -2.31. The molecule has 1 saturated heterocycles. The van der Waals surface area contributed by atoms with E-state index >= 15 is 0 Å². The van der Waals surface area contributed by atoms with E-state index in [1.807, 2.05) is 53.3 Å². The van der Waals surface area contributed by atoms with Crippen LogP contribution in [-0.4, -0.2) is 41.5 Å². The van der Waals surface area contributed by atoms with E-state index in [-0.39, 0.29) is 11.8 Å². The molecule has 2 aromatic carbocycles. The molecule has 5 rings (SSSR count). The van der Waals surface area contributed by atoms with Gasteiger partial charge in [-0.15, -0.1) is 0 Å². The highest BCUT2D eigenvalue weighted by atomic mass is 32.2. The number of hydrogen-bond acceptors (Lipinski definition) is 4. The fraction of sp³-hybridized carbons (Fsp3) is 0.407. The molecule has 0 spiro atoms. The zero-order chi connectivity index (χ0) is 24.3. The van der Waals surface area contributed by atoms with Gasteiger partial charge in [-0.25, -0.2) is 8.42 Å². The maximum atomic E-state index is 13.2. The number of nitrogens with zero attached hydrogens (tertiary/aromatic N) is 3. The summed E-state index contributed by atoms with van der Waals surface area (Å²) in [6.45, 7) is 1.93. The Kier molecular flexibility index (Phi) is 7.02. The number of amides is 1. The third kappa shape index (κ3) is 5.49. The van der Waals surface area contributed by atoms with Crippen LogP contribution < -0.4 is 5.32 Å². The molecule has 7 nitrogen and oxygen atoms in total. The van der Waals surface area contributed by atoms with Crippen molar-refractivity contribution in [1.82, 2.24) is 19.4 Å². The van der Waals surface area contributed by atoms with Crippen LogP contribution in [0.3, 0.4) is 0 Å². The minimum atomic E-state index is -3.53. The van der Waals surface area contributed by atoms with E-state index in [9.17, 15) is 13.2 Å². The SMILES string of the molecule is O=C(NCc1ccc(Cn2cccn2)cc1)C1CCN(S(=O)(=O)c2ccc3c(c2)CCCC3)CC1. The first-order valence-electron chi connectivity index (χ1n) is 12.4. The van der Waals surface area contributed by atoms with E-state index in [4.69, 9.17) is 0 Å². The maximum Gasteiger partial charge on any atom is 0.243 e. The predicted octanol–water partition coefficient (Wildman–Crippen LogP) is 3.53. The number of sulfonamides is 1. The molecule has 2 aliphatic rings. The second-order valence-corrected chi connectivity index (χ2v) is 11.5. The van der Waals surface area contributed by atoms with Crippen molar-refractivity contribution in [2.45, 2.75) is 56.5 Å². The molecular formula is C27H32N4O3S. The van der Waals surface area contributed by atoms with E-state index in [0.717, 1.165) is 30.4 Å². The van der Waals surface area contributed by atoms with Crippen LogP contribution >= 0.6 is 0 Å². The number of benzene rings is 2. The molecule has 2 heterocycles. The van der Waals surface area contributed by atoms with Gasteiger partial charge in [0.05, 0.1) is 11.4 Å². The summed E-state index contributed by atoms with van der Waals surface area (Å²) >= 11 is 0. The van der Waals surface area contributed by atoms with Crippen LogP contribution in [0.1, 0.15) is 47.9 Å². The number of carbonyl (C=O) groups excluding carboxylic acids is 1. The van der Waals surface area contributed by atoms with E-state index in [0.29, 0.717) is 43.9 Å². The van der Waals surface area contributed by atoms with Crippen molar-refractivity contribution in [3.8, 4) is 0 Å². The van der Waals surface area contributed by atoms with Gasteiger partial charge in [-0.2, -0.15) is 9.40 Å². The number of fused-ring (bicyclic) bond motifs is 1. The minimum absolute atomic E-state index is 0.00329. The molecule has 184 valence electrons. The van der Waals surface area contributed by atoms with E-state index in [2.05, 4.69) is 10.4 Å². The summed E-state index contributed by atoms with van der Waals surface area (Å²) in [5, 5.41) is 7.25. The molecule has 1 aliphatic carbocycles. The molecule has 8 heteroatoms. The molecule has 0 bridgehead atoms. The highest BCUT2D eigenvalue weighted by molar-refractivity contribution is 7.89. The van der Waals surface area contributed by atoms with Crippen LogP contribution in [-0.2, 0) is 40.7 Å². The molecule has 0 radical (unpaired) electrons. The van der Waals surface area contributed by atoms with Crippen molar-refractivity contribution in [1.29, 1.82) is 0 Å². The van der Waals surface area contributed by atoms with Gasteiger partial charge in [-0.3, -0.25) is 9.48 Å². The van der Waals surface area contributed by atoms with Gasteiger partial charge in [0.25, 0.3) is 0 Å². The normalized spacial score (nSPS) is 17.1. The first-order valence-corrected chi connectivity index (χ1v) is 13.9. The van der Waals surface area contributed by atoms with Crippen molar-refractivity contribution in [3.63, 3.8) is 0 Å². The fourth-order valence-electron chi connectivity index (χ4n) is 5.05. The number of aromatic nitrogens is 2. The molecule has 1 amide bonds. The van der Waals surface area contributed by atoms with Crippen LogP contribution in [0.25, 0.3) is 0 Å². The highest BCUT2D eigenvalue weighted by Crippen LogP contribution is 2.28. The summed E-state index contributed by atoms with van der Waals surface area (Å²) in [6.07, 6.45) is 9.05. The minimum Gasteiger partial charge on any atom is -0.352 e. The van der Waals surface area contributed by atoms with Gasteiger partial charge >= 0.3 is 0 Å². The van der Waals surface area contributed by atoms with Crippen LogP contribution in [0.4, 0.5) is 0 Å². The summed E-state index contributed by atoms with van der Waals surface area (Å²) in [5.41, 5.74) is 4.63. The topological polar surface area (TPSA) is 84.3 Å². The molecule has 0 saturated carbocycles.